The van der Waals surface area contributed by atoms with Gasteiger partial charge in [-0.25, -0.2) is 0 Å². The molecule has 2 aromatic heterocycles. The van der Waals surface area contributed by atoms with Gasteiger partial charge in [0.1, 0.15) is 0 Å². The first-order valence-corrected chi connectivity index (χ1v) is 15.9. The molecular formula is C40H24S2. The predicted molar refractivity (Wildman–Crippen MR) is 186 cm³/mol. The van der Waals surface area contributed by atoms with Gasteiger partial charge >= 0.3 is 0 Å². The van der Waals surface area contributed by atoms with Crippen LogP contribution >= 0.6 is 22.7 Å². The van der Waals surface area contributed by atoms with E-state index in [1.165, 1.54) is 84.5 Å². The summed E-state index contributed by atoms with van der Waals surface area (Å²) in [5.74, 6) is 0. The lowest BCUT2D eigenvalue weighted by molar-refractivity contribution is 1.66. The van der Waals surface area contributed by atoms with Crippen LogP contribution in [0.3, 0.4) is 0 Å². The first-order valence-electron chi connectivity index (χ1n) is 14.3. The predicted octanol–water partition coefficient (Wildman–Crippen LogP) is 12.6. The Morgan fingerprint density at radius 2 is 0.786 bits per heavy atom. The van der Waals surface area contributed by atoms with Gasteiger partial charge in [-0.1, -0.05) is 115 Å². The molecule has 0 bridgehead atoms. The molecule has 0 spiro atoms. The number of benzene rings is 7. The highest BCUT2D eigenvalue weighted by molar-refractivity contribution is 7.26. The SMILES string of the molecule is c1ccc(-c2cc3c(ccc4sc5ccc(-c6c7ccccc7c(-c7ccccc7)c7ccccc67)cc5c43)s2)cc1. The molecular weight excluding hydrogens is 545 g/mol. The lowest BCUT2D eigenvalue weighted by atomic mass is 9.86. The monoisotopic (exact) mass is 568 g/mol. The van der Waals surface area contributed by atoms with E-state index in [0.29, 0.717) is 0 Å². The number of thiophene rings is 2. The van der Waals surface area contributed by atoms with Crippen LogP contribution < -0.4 is 0 Å². The van der Waals surface area contributed by atoms with Crippen LogP contribution in [0.4, 0.5) is 0 Å². The van der Waals surface area contributed by atoms with E-state index in [0.717, 1.165) is 0 Å². The summed E-state index contributed by atoms with van der Waals surface area (Å²) in [5.41, 5.74) is 6.42. The minimum Gasteiger partial charge on any atom is -0.135 e. The van der Waals surface area contributed by atoms with Crippen LogP contribution in [0.15, 0.2) is 146 Å². The topological polar surface area (TPSA) is 0 Å². The Kier molecular flexibility index (Phi) is 5.34. The highest BCUT2D eigenvalue weighted by atomic mass is 32.1. The van der Waals surface area contributed by atoms with Gasteiger partial charge in [-0.2, -0.15) is 0 Å². The van der Waals surface area contributed by atoms with Crippen molar-refractivity contribution in [3.8, 4) is 32.7 Å². The normalized spacial score (nSPS) is 11.8. The van der Waals surface area contributed by atoms with Crippen molar-refractivity contribution in [2.75, 3.05) is 0 Å². The van der Waals surface area contributed by atoms with Crippen molar-refractivity contribution in [2.45, 2.75) is 0 Å². The van der Waals surface area contributed by atoms with Crippen molar-refractivity contribution in [1.29, 1.82) is 0 Å². The zero-order chi connectivity index (χ0) is 27.6. The lowest BCUT2D eigenvalue weighted by Gasteiger charge is -2.17. The molecule has 0 nitrogen and oxygen atoms in total. The van der Waals surface area contributed by atoms with E-state index in [1.54, 1.807) is 0 Å². The minimum atomic E-state index is 1.25. The maximum atomic E-state index is 2.45. The molecule has 9 rings (SSSR count). The molecule has 9 aromatic rings. The maximum absolute atomic E-state index is 2.45. The van der Waals surface area contributed by atoms with Gasteiger partial charge in [-0.05, 0) is 79.7 Å². The molecule has 42 heavy (non-hydrogen) atoms. The lowest BCUT2D eigenvalue weighted by Crippen LogP contribution is -1.90. The van der Waals surface area contributed by atoms with Crippen molar-refractivity contribution in [3.63, 3.8) is 0 Å². The summed E-state index contributed by atoms with van der Waals surface area (Å²) in [7, 11) is 0. The van der Waals surface area contributed by atoms with Gasteiger partial charge in [-0.15, -0.1) is 22.7 Å². The Labute approximate surface area is 251 Å². The standard InChI is InChI=1S/C40H24S2/c1-3-11-25(12-4-1)37-24-33-35(42-37)21-22-36-40(33)32-23-27(19-20-34(32)41-36)39-30-17-9-7-15-28(30)38(26-13-5-2-6-14-26)29-16-8-10-18-31(29)39/h1-24H. The van der Waals surface area contributed by atoms with Crippen molar-refractivity contribution in [3.05, 3.63) is 146 Å². The molecule has 7 aromatic carbocycles. The molecule has 0 saturated carbocycles. The Morgan fingerprint density at radius 1 is 0.310 bits per heavy atom. The van der Waals surface area contributed by atoms with Crippen LogP contribution in [0.1, 0.15) is 0 Å². The van der Waals surface area contributed by atoms with Gasteiger partial charge < -0.3 is 0 Å². The summed E-state index contributed by atoms with van der Waals surface area (Å²) in [6.07, 6.45) is 0. The fraction of sp³-hybridized carbons (Fsp3) is 0. The zero-order valence-corrected chi connectivity index (χ0v) is 24.3. The molecule has 0 radical (unpaired) electrons. The van der Waals surface area contributed by atoms with Gasteiger partial charge in [0, 0.05) is 35.1 Å². The summed E-state index contributed by atoms with van der Waals surface area (Å²) in [5, 5.41) is 9.25. The molecule has 0 unspecified atom stereocenters. The smallest absolute Gasteiger partial charge is 0.0362 e. The fourth-order valence-electron chi connectivity index (χ4n) is 6.64. The Bertz CT molecular complexity index is 2390. The average molecular weight is 569 g/mol. The third-order valence-corrected chi connectivity index (χ3v) is 10.8. The summed E-state index contributed by atoms with van der Waals surface area (Å²) in [6, 6.07) is 53.5. The zero-order valence-electron chi connectivity index (χ0n) is 22.7. The molecule has 196 valence electrons. The first-order chi connectivity index (χ1) is 20.8. The maximum Gasteiger partial charge on any atom is 0.0362 e. The Balaban J connectivity index is 1.35. The largest absolute Gasteiger partial charge is 0.135 e. The molecule has 0 saturated heterocycles. The molecule has 0 aliphatic carbocycles. The summed E-state index contributed by atoms with van der Waals surface area (Å²) in [4.78, 5) is 1.32. The third-order valence-electron chi connectivity index (χ3n) is 8.47. The van der Waals surface area contributed by atoms with Gasteiger partial charge in [0.25, 0.3) is 0 Å². The van der Waals surface area contributed by atoms with Crippen LogP contribution in [0.5, 0.6) is 0 Å². The number of hydrogen-bond acceptors (Lipinski definition) is 2. The van der Waals surface area contributed by atoms with Crippen molar-refractivity contribution >= 4 is 74.5 Å². The summed E-state index contributed by atoms with van der Waals surface area (Å²) >= 11 is 3.78. The van der Waals surface area contributed by atoms with E-state index in [1.807, 2.05) is 22.7 Å². The number of hydrogen-bond donors (Lipinski definition) is 0. The molecule has 0 fully saturated rings. The Hall–Kier alpha value is -4.76. The van der Waals surface area contributed by atoms with Crippen LogP contribution in [0.2, 0.25) is 0 Å². The second-order valence-electron chi connectivity index (χ2n) is 10.8. The van der Waals surface area contributed by atoms with Crippen molar-refractivity contribution in [2.24, 2.45) is 0 Å². The summed E-state index contributed by atoms with van der Waals surface area (Å²) < 4.78 is 4.03. The van der Waals surface area contributed by atoms with Crippen LogP contribution in [0, 0.1) is 0 Å². The molecule has 0 amide bonds. The fourth-order valence-corrected chi connectivity index (χ4v) is 8.82. The second kappa shape index (κ2) is 9.39. The van der Waals surface area contributed by atoms with Gasteiger partial charge in [0.15, 0.2) is 0 Å². The van der Waals surface area contributed by atoms with Crippen LogP contribution in [-0.2, 0) is 0 Å². The molecule has 0 N–H and O–H groups in total. The Morgan fingerprint density at radius 3 is 1.43 bits per heavy atom. The van der Waals surface area contributed by atoms with E-state index in [-0.39, 0.29) is 0 Å². The molecule has 0 aliphatic rings. The molecule has 2 heterocycles. The highest BCUT2D eigenvalue weighted by Gasteiger charge is 2.18. The quantitative estimate of drug-likeness (QED) is 0.186. The number of fused-ring (bicyclic) bond motifs is 7. The number of rotatable bonds is 3. The van der Waals surface area contributed by atoms with Crippen LogP contribution in [-0.4, -0.2) is 0 Å². The minimum absolute atomic E-state index is 1.25. The van der Waals surface area contributed by atoms with E-state index in [4.69, 9.17) is 0 Å². The second-order valence-corrected chi connectivity index (χ2v) is 13.0. The molecule has 2 heteroatoms. The van der Waals surface area contributed by atoms with Gasteiger partial charge in [0.2, 0.25) is 0 Å². The van der Waals surface area contributed by atoms with Gasteiger partial charge in [0.05, 0.1) is 0 Å². The average Bonchev–Trinajstić information content (AvgIpc) is 3.65. The highest BCUT2D eigenvalue weighted by Crippen LogP contribution is 2.47. The molecule has 0 atom stereocenters. The first kappa shape index (κ1) is 23.9. The van der Waals surface area contributed by atoms with Crippen molar-refractivity contribution < 1.29 is 0 Å². The molecule has 0 aliphatic heterocycles. The van der Waals surface area contributed by atoms with Crippen molar-refractivity contribution in [1.82, 2.24) is 0 Å². The van der Waals surface area contributed by atoms with E-state index in [9.17, 15) is 0 Å². The van der Waals surface area contributed by atoms with E-state index in [2.05, 4.69) is 146 Å². The van der Waals surface area contributed by atoms with Crippen LogP contribution in [0.25, 0.3) is 84.5 Å². The summed E-state index contributed by atoms with van der Waals surface area (Å²) in [6.45, 7) is 0. The van der Waals surface area contributed by atoms with Gasteiger partial charge in [-0.3, -0.25) is 0 Å². The third kappa shape index (κ3) is 3.59. The van der Waals surface area contributed by atoms with E-state index < -0.39 is 0 Å². The van der Waals surface area contributed by atoms with E-state index >= 15 is 0 Å².